The predicted octanol–water partition coefficient (Wildman–Crippen LogP) is 1.79. The van der Waals surface area contributed by atoms with E-state index in [0.717, 1.165) is 0 Å². The third-order valence-corrected chi connectivity index (χ3v) is 2.99. The van der Waals surface area contributed by atoms with Crippen LogP contribution in [0.25, 0.3) is 5.69 Å². The first-order chi connectivity index (χ1) is 9.61. The van der Waals surface area contributed by atoms with Crippen LogP contribution in [0, 0.1) is 10.1 Å². The van der Waals surface area contributed by atoms with E-state index in [-0.39, 0.29) is 18.1 Å². The zero-order chi connectivity index (χ0) is 14.5. The number of nitrogens with one attached hydrogen (secondary N) is 1. The highest BCUT2D eigenvalue weighted by molar-refractivity contribution is 6.18. The van der Waals surface area contributed by atoms with E-state index in [0.29, 0.717) is 11.4 Å². The number of benzene rings is 1. The standard InChI is InChI=1S/C12H13ClN4O3/c13-5-10(18)7-14-11-3-1-2-4-12(11)16-8-9(6-15-16)17(19)20/h1-4,6,8,10,14,18H,5,7H2. The van der Waals surface area contributed by atoms with Crippen molar-refractivity contribution in [1.82, 2.24) is 9.78 Å². The number of rotatable bonds is 6. The van der Waals surface area contributed by atoms with Crippen molar-refractivity contribution in [3.63, 3.8) is 0 Å². The number of nitro groups is 1. The summed E-state index contributed by atoms with van der Waals surface area (Å²) in [5.41, 5.74) is 1.28. The summed E-state index contributed by atoms with van der Waals surface area (Å²) in [6.45, 7) is 0.282. The third kappa shape index (κ3) is 3.25. The molecule has 2 N–H and O–H groups in total. The summed E-state index contributed by atoms with van der Waals surface area (Å²) in [5.74, 6) is 0.127. The van der Waals surface area contributed by atoms with E-state index in [4.69, 9.17) is 11.6 Å². The molecule has 20 heavy (non-hydrogen) atoms. The Hall–Kier alpha value is -2.12. The van der Waals surface area contributed by atoms with Crippen LogP contribution in [0.15, 0.2) is 36.7 Å². The highest BCUT2D eigenvalue weighted by atomic mass is 35.5. The van der Waals surface area contributed by atoms with Crippen molar-refractivity contribution in [2.75, 3.05) is 17.7 Å². The zero-order valence-corrected chi connectivity index (χ0v) is 11.2. The maximum atomic E-state index is 10.7. The van der Waals surface area contributed by atoms with Gasteiger partial charge in [-0.25, -0.2) is 4.68 Å². The second-order valence-corrected chi connectivity index (χ2v) is 4.41. The Kier molecular flexibility index (Phi) is 4.54. The molecule has 2 rings (SSSR count). The SMILES string of the molecule is O=[N+]([O-])c1cnn(-c2ccccc2NCC(O)CCl)c1. The Labute approximate surface area is 119 Å². The minimum absolute atomic E-state index is 0.0828. The van der Waals surface area contributed by atoms with E-state index >= 15 is 0 Å². The molecule has 0 amide bonds. The fraction of sp³-hybridized carbons (Fsp3) is 0.250. The number of aliphatic hydroxyl groups excluding tert-OH is 1. The van der Waals surface area contributed by atoms with Gasteiger partial charge >= 0.3 is 5.69 Å². The van der Waals surface area contributed by atoms with Gasteiger partial charge < -0.3 is 10.4 Å². The van der Waals surface area contributed by atoms with Crippen LogP contribution in [-0.4, -0.2) is 38.3 Å². The van der Waals surface area contributed by atoms with Crippen LogP contribution >= 0.6 is 11.6 Å². The van der Waals surface area contributed by atoms with Gasteiger partial charge in [0.25, 0.3) is 0 Å². The lowest BCUT2D eigenvalue weighted by Crippen LogP contribution is -2.21. The molecule has 1 heterocycles. The van der Waals surface area contributed by atoms with Crippen molar-refractivity contribution in [3.8, 4) is 5.69 Å². The normalized spacial score (nSPS) is 12.1. The van der Waals surface area contributed by atoms with Crippen molar-refractivity contribution < 1.29 is 10.0 Å². The topological polar surface area (TPSA) is 93.2 Å². The molecule has 0 saturated carbocycles. The molecule has 0 bridgehead atoms. The monoisotopic (exact) mass is 296 g/mol. The summed E-state index contributed by atoms with van der Waals surface area (Å²) >= 11 is 5.53. The van der Waals surface area contributed by atoms with Crippen LogP contribution < -0.4 is 5.32 Å². The van der Waals surface area contributed by atoms with Gasteiger partial charge in [-0.15, -0.1) is 11.6 Å². The van der Waals surface area contributed by atoms with Gasteiger partial charge in [-0.1, -0.05) is 12.1 Å². The second-order valence-electron chi connectivity index (χ2n) is 4.11. The third-order valence-electron chi connectivity index (χ3n) is 2.64. The number of aromatic nitrogens is 2. The van der Waals surface area contributed by atoms with Crippen molar-refractivity contribution >= 4 is 23.0 Å². The Morgan fingerprint density at radius 2 is 2.25 bits per heavy atom. The van der Waals surface area contributed by atoms with Crippen molar-refractivity contribution in [2.24, 2.45) is 0 Å². The number of aliphatic hydroxyl groups is 1. The Balaban J connectivity index is 2.24. The smallest absolute Gasteiger partial charge is 0.307 e. The summed E-state index contributed by atoms with van der Waals surface area (Å²) < 4.78 is 1.41. The molecule has 1 atom stereocenters. The molecule has 106 valence electrons. The maximum absolute atomic E-state index is 10.7. The number of halogens is 1. The number of nitrogens with zero attached hydrogens (tertiary/aromatic N) is 3. The van der Waals surface area contributed by atoms with Gasteiger partial charge in [0, 0.05) is 6.54 Å². The first-order valence-electron chi connectivity index (χ1n) is 5.88. The molecule has 1 aromatic carbocycles. The highest BCUT2D eigenvalue weighted by Crippen LogP contribution is 2.21. The molecule has 0 fully saturated rings. The van der Waals surface area contributed by atoms with Crippen LogP contribution in [-0.2, 0) is 0 Å². The molecular weight excluding hydrogens is 284 g/mol. The lowest BCUT2D eigenvalue weighted by atomic mass is 10.2. The van der Waals surface area contributed by atoms with E-state index in [1.54, 1.807) is 18.2 Å². The highest BCUT2D eigenvalue weighted by Gasteiger charge is 2.12. The summed E-state index contributed by atoms with van der Waals surface area (Å²) in [5, 5.41) is 27.1. The first-order valence-corrected chi connectivity index (χ1v) is 6.41. The average molecular weight is 297 g/mol. The summed E-state index contributed by atoms with van der Waals surface area (Å²) in [6.07, 6.45) is 1.85. The van der Waals surface area contributed by atoms with Gasteiger partial charge in [-0.3, -0.25) is 10.1 Å². The van der Waals surface area contributed by atoms with Crippen LogP contribution in [0.2, 0.25) is 0 Å². The molecule has 0 spiro atoms. The molecule has 1 aromatic heterocycles. The van der Waals surface area contributed by atoms with Gasteiger partial charge in [0.1, 0.15) is 12.4 Å². The first kappa shape index (κ1) is 14.3. The van der Waals surface area contributed by atoms with Gasteiger partial charge in [-0.05, 0) is 12.1 Å². The molecule has 1 unspecified atom stereocenters. The van der Waals surface area contributed by atoms with E-state index in [1.165, 1.54) is 17.1 Å². The van der Waals surface area contributed by atoms with Gasteiger partial charge in [0.05, 0.1) is 28.3 Å². The Morgan fingerprint density at radius 1 is 1.50 bits per heavy atom. The molecule has 2 aromatic rings. The minimum Gasteiger partial charge on any atom is -0.390 e. The van der Waals surface area contributed by atoms with Crippen molar-refractivity contribution in [2.45, 2.75) is 6.10 Å². The molecule has 0 aliphatic heterocycles. The van der Waals surface area contributed by atoms with Crippen LogP contribution in [0.1, 0.15) is 0 Å². The maximum Gasteiger partial charge on any atom is 0.307 e. The van der Waals surface area contributed by atoms with Crippen LogP contribution in [0.4, 0.5) is 11.4 Å². The van der Waals surface area contributed by atoms with E-state index in [1.807, 2.05) is 6.07 Å². The van der Waals surface area contributed by atoms with Gasteiger partial charge in [-0.2, -0.15) is 5.10 Å². The van der Waals surface area contributed by atoms with E-state index < -0.39 is 11.0 Å². The Morgan fingerprint density at radius 3 is 2.90 bits per heavy atom. The summed E-state index contributed by atoms with van der Waals surface area (Å²) in [6, 6.07) is 7.18. The molecule has 0 saturated heterocycles. The number of para-hydroxylation sites is 2. The fourth-order valence-corrected chi connectivity index (χ4v) is 1.75. The van der Waals surface area contributed by atoms with Crippen molar-refractivity contribution in [3.05, 3.63) is 46.8 Å². The average Bonchev–Trinajstić information content (AvgIpc) is 2.95. The minimum atomic E-state index is -0.670. The summed E-state index contributed by atoms with van der Waals surface area (Å²) in [7, 11) is 0. The fourth-order valence-electron chi connectivity index (χ4n) is 1.64. The zero-order valence-electron chi connectivity index (χ0n) is 10.4. The van der Waals surface area contributed by atoms with Gasteiger partial charge in [0.15, 0.2) is 0 Å². The quantitative estimate of drug-likeness (QED) is 0.481. The number of anilines is 1. The van der Waals surface area contributed by atoms with Gasteiger partial charge in [0.2, 0.25) is 0 Å². The van der Waals surface area contributed by atoms with E-state index in [2.05, 4.69) is 10.4 Å². The second kappa shape index (κ2) is 6.36. The molecule has 7 nitrogen and oxygen atoms in total. The number of hydrogen-bond acceptors (Lipinski definition) is 5. The lowest BCUT2D eigenvalue weighted by molar-refractivity contribution is -0.384. The van der Waals surface area contributed by atoms with E-state index in [9.17, 15) is 15.2 Å². The molecule has 0 aliphatic carbocycles. The molecule has 0 aliphatic rings. The molecule has 8 heteroatoms. The van der Waals surface area contributed by atoms with Crippen LogP contribution in [0.5, 0.6) is 0 Å². The number of hydrogen-bond donors (Lipinski definition) is 2. The molecular formula is C12H13ClN4O3. The Bertz CT molecular complexity index is 602. The van der Waals surface area contributed by atoms with Crippen LogP contribution in [0.3, 0.4) is 0 Å². The largest absolute Gasteiger partial charge is 0.390 e. The lowest BCUT2D eigenvalue weighted by Gasteiger charge is -2.13. The number of alkyl halides is 1. The van der Waals surface area contributed by atoms with Crippen molar-refractivity contribution in [1.29, 1.82) is 0 Å². The summed E-state index contributed by atoms with van der Waals surface area (Å²) in [4.78, 5) is 10.2. The predicted molar refractivity (Wildman–Crippen MR) is 75.4 cm³/mol. The molecule has 0 radical (unpaired) electrons.